The number of benzene rings is 1. The second-order valence-corrected chi connectivity index (χ2v) is 5.27. The molecule has 0 spiro atoms. The summed E-state index contributed by atoms with van der Waals surface area (Å²) < 4.78 is 0. The van der Waals surface area contributed by atoms with E-state index < -0.39 is 0 Å². The summed E-state index contributed by atoms with van der Waals surface area (Å²) in [5, 5.41) is 10.7. The van der Waals surface area contributed by atoms with E-state index in [0.717, 1.165) is 52.4 Å². The fourth-order valence-corrected chi connectivity index (χ4v) is 2.91. The molecule has 0 unspecified atom stereocenters. The summed E-state index contributed by atoms with van der Waals surface area (Å²) in [7, 11) is 0. The van der Waals surface area contributed by atoms with Crippen molar-refractivity contribution in [2.24, 2.45) is 4.99 Å². The van der Waals surface area contributed by atoms with Gasteiger partial charge < -0.3 is 10.0 Å². The average molecular weight is 291 g/mol. The molecule has 2 aliphatic rings. The largest absolute Gasteiger partial charge is 0.515 e. The van der Waals surface area contributed by atoms with E-state index in [4.69, 9.17) is 5.11 Å². The van der Waals surface area contributed by atoms with Crippen molar-refractivity contribution >= 4 is 24.0 Å². The van der Waals surface area contributed by atoms with Crippen molar-refractivity contribution in [1.29, 1.82) is 0 Å². The maximum Gasteiger partial charge on any atom is 0.270 e. The van der Waals surface area contributed by atoms with Gasteiger partial charge in [0.25, 0.3) is 5.56 Å². The van der Waals surface area contributed by atoms with Crippen LogP contribution in [0.2, 0.25) is 0 Å². The fraction of sp³-hybridized carbons (Fsp3) is 0.118. The molecule has 22 heavy (non-hydrogen) atoms. The lowest BCUT2D eigenvalue weighted by atomic mass is 10.2. The van der Waals surface area contributed by atoms with Crippen molar-refractivity contribution in [2.45, 2.75) is 6.42 Å². The number of nitrogens with zero attached hydrogens (tertiary/aromatic N) is 3. The van der Waals surface area contributed by atoms with Crippen LogP contribution in [0.25, 0.3) is 12.1 Å². The third-order valence-electron chi connectivity index (χ3n) is 3.94. The van der Waals surface area contributed by atoms with Crippen molar-refractivity contribution < 1.29 is 5.11 Å². The lowest BCUT2D eigenvalue weighted by Crippen LogP contribution is -2.27. The standard InChI is InChI=1S/C17H13N3O2/c21-10-11-1-3-12(4-2-11)17-18-9-13-5-6-15(22)19-14-7-8-20(17)16(13)14/h1-6,9-10,21H,7-8H2. The smallest absolute Gasteiger partial charge is 0.270 e. The molecular formula is C17H13N3O2. The van der Waals surface area contributed by atoms with E-state index in [1.54, 1.807) is 12.3 Å². The van der Waals surface area contributed by atoms with Crippen LogP contribution in [-0.4, -0.2) is 22.8 Å². The molecule has 1 aromatic heterocycles. The van der Waals surface area contributed by atoms with Crippen LogP contribution in [0.1, 0.15) is 11.3 Å². The van der Waals surface area contributed by atoms with Crippen LogP contribution in [0.5, 0.6) is 0 Å². The summed E-state index contributed by atoms with van der Waals surface area (Å²) in [4.78, 5) is 22.5. The van der Waals surface area contributed by atoms with E-state index >= 15 is 0 Å². The molecule has 3 heterocycles. The molecule has 4 rings (SSSR count). The molecule has 0 amide bonds. The number of aliphatic hydroxyl groups is 1. The van der Waals surface area contributed by atoms with Crippen molar-refractivity contribution in [3.05, 3.63) is 68.4 Å². The van der Waals surface area contributed by atoms with Gasteiger partial charge in [-0.25, -0.2) is 9.98 Å². The second kappa shape index (κ2) is 4.80. The Morgan fingerprint density at radius 3 is 2.73 bits per heavy atom. The highest BCUT2D eigenvalue weighted by atomic mass is 16.2. The number of aliphatic hydroxyl groups excluding tert-OH is 1. The second-order valence-electron chi connectivity index (χ2n) is 5.27. The SMILES string of the molecule is O=c1ccc2c3c(n1)CCN3C(=c1ccc(=CO)cc1)N=C2. The van der Waals surface area contributed by atoms with Gasteiger partial charge in [-0.15, -0.1) is 0 Å². The molecule has 0 saturated carbocycles. The molecule has 0 bridgehead atoms. The lowest BCUT2D eigenvalue weighted by Gasteiger charge is -2.23. The molecule has 108 valence electrons. The van der Waals surface area contributed by atoms with Crippen LogP contribution in [0.4, 0.5) is 5.69 Å². The summed E-state index contributed by atoms with van der Waals surface area (Å²) in [5.41, 5.74) is 2.51. The van der Waals surface area contributed by atoms with Gasteiger partial charge in [-0.05, 0) is 6.07 Å². The van der Waals surface area contributed by atoms with Gasteiger partial charge in [0.05, 0.1) is 17.6 Å². The van der Waals surface area contributed by atoms with Crippen LogP contribution in [-0.2, 0) is 6.42 Å². The molecule has 5 nitrogen and oxygen atoms in total. The molecule has 1 N–H and O–H groups in total. The third kappa shape index (κ3) is 1.90. The van der Waals surface area contributed by atoms with E-state index in [2.05, 4.69) is 14.9 Å². The van der Waals surface area contributed by atoms with Gasteiger partial charge in [-0.1, -0.05) is 24.3 Å². The topological polar surface area (TPSA) is 65.8 Å². The molecule has 0 radical (unpaired) electrons. The highest BCUT2D eigenvalue weighted by Crippen LogP contribution is 2.34. The number of rotatable bonds is 0. The van der Waals surface area contributed by atoms with E-state index in [1.165, 1.54) is 6.07 Å². The Hall–Kier alpha value is -2.95. The first-order valence-corrected chi connectivity index (χ1v) is 7.07. The molecule has 0 fully saturated rings. The molecular weight excluding hydrogens is 278 g/mol. The van der Waals surface area contributed by atoms with Crippen molar-refractivity contribution in [3.63, 3.8) is 0 Å². The quantitative estimate of drug-likeness (QED) is 0.758. The molecule has 0 saturated heterocycles. The first kappa shape index (κ1) is 12.8. The minimum atomic E-state index is -0.218. The molecule has 5 heteroatoms. The summed E-state index contributed by atoms with van der Waals surface area (Å²) in [6.07, 6.45) is 3.59. The molecule has 0 aliphatic carbocycles. The van der Waals surface area contributed by atoms with E-state index in [9.17, 15) is 4.79 Å². The normalized spacial score (nSPS) is 14.9. The highest BCUT2D eigenvalue weighted by molar-refractivity contribution is 5.98. The first-order chi connectivity index (χ1) is 10.8. The third-order valence-corrected chi connectivity index (χ3v) is 3.94. The van der Waals surface area contributed by atoms with Crippen LogP contribution in [0.3, 0.4) is 0 Å². The lowest BCUT2D eigenvalue weighted by molar-refractivity contribution is 0.540. The minimum absolute atomic E-state index is 0.218. The Balaban J connectivity index is 1.98. The van der Waals surface area contributed by atoms with Gasteiger partial charge in [-0.3, -0.25) is 4.79 Å². The number of anilines is 1. The number of hydrogen-bond donors (Lipinski definition) is 1. The van der Waals surface area contributed by atoms with E-state index in [-0.39, 0.29) is 5.56 Å². The highest BCUT2D eigenvalue weighted by Gasteiger charge is 2.28. The molecule has 1 aromatic carbocycles. The summed E-state index contributed by atoms with van der Waals surface area (Å²) >= 11 is 0. The fourth-order valence-electron chi connectivity index (χ4n) is 2.91. The molecule has 2 aromatic rings. The number of hydrogen-bond acceptors (Lipinski definition) is 5. The van der Waals surface area contributed by atoms with Crippen molar-refractivity contribution in [1.82, 2.24) is 4.98 Å². The predicted octanol–water partition coefficient (Wildman–Crippen LogP) is 0.299. The van der Waals surface area contributed by atoms with Crippen molar-refractivity contribution in [2.75, 3.05) is 11.4 Å². The molecule has 2 aliphatic heterocycles. The van der Waals surface area contributed by atoms with E-state index in [1.807, 2.05) is 24.3 Å². The Morgan fingerprint density at radius 1 is 1.14 bits per heavy atom. The monoisotopic (exact) mass is 291 g/mol. The Morgan fingerprint density at radius 2 is 1.95 bits per heavy atom. The Labute approximate surface area is 126 Å². The zero-order valence-electron chi connectivity index (χ0n) is 11.7. The van der Waals surface area contributed by atoms with Gasteiger partial charge in [0, 0.05) is 41.2 Å². The van der Waals surface area contributed by atoms with Gasteiger partial charge in [0.2, 0.25) is 0 Å². The van der Waals surface area contributed by atoms with Crippen molar-refractivity contribution in [3.8, 4) is 0 Å². The van der Waals surface area contributed by atoms with Crippen LogP contribution in [0.15, 0.2) is 46.2 Å². The van der Waals surface area contributed by atoms with Crippen LogP contribution < -0.4 is 20.9 Å². The maximum atomic E-state index is 11.6. The van der Waals surface area contributed by atoms with E-state index in [0.29, 0.717) is 0 Å². The summed E-state index contributed by atoms with van der Waals surface area (Å²) in [6.45, 7) is 0.763. The predicted molar refractivity (Wildman–Crippen MR) is 85.3 cm³/mol. The van der Waals surface area contributed by atoms with Crippen LogP contribution >= 0.6 is 0 Å². The van der Waals surface area contributed by atoms with Crippen LogP contribution in [0, 0.1) is 0 Å². The minimum Gasteiger partial charge on any atom is -0.515 e. The van der Waals surface area contributed by atoms with Gasteiger partial charge in [-0.2, -0.15) is 0 Å². The Kier molecular flexibility index (Phi) is 2.79. The zero-order chi connectivity index (χ0) is 15.1. The number of aliphatic imine (C=N–C) groups is 1. The number of aromatic nitrogens is 1. The first-order valence-electron chi connectivity index (χ1n) is 7.07. The van der Waals surface area contributed by atoms with Gasteiger partial charge in [0.15, 0.2) is 0 Å². The van der Waals surface area contributed by atoms with Gasteiger partial charge >= 0.3 is 0 Å². The zero-order valence-corrected chi connectivity index (χ0v) is 11.7. The maximum absolute atomic E-state index is 11.6. The van der Waals surface area contributed by atoms with Gasteiger partial charge in [0.1, 0.15) is 5.82 Å². The Bertz CT molecular complexity index is 957. The molecule has 0 atom stereocenters. The summed E-state index contributed by atoms with van der Waals surface area (Å²) in [5.74, 6) is 0.844. The summed E-state index contributed by atoms with van der Waals surface area (Å²) in [6, 6.07) is 10.8. The average Bonchev–Trinajstić information content (AvgIpc) is 2.89.